The standard InChI is InChI=1S/C17H24N2O/c1-13-7-8-14-5-2-3-6-15(14)19(13)16(20)11-17(12-18)9-4-10-17/h2-3,5-6,13H,4,7-12,18H2,1H3. The third-order valence-electron chi connectivity index (χ3n) is 5.17. The van der Waals surface area contributed by atoms with Crippen LogP contribution in [0.25, 0.3) is 0 Å². The van der Waals surface area contributed by atoms with Crippen LogP contribution >= 0.6 is 0 Å². The Labute approximate surface area is 121 Å². The lowest BCUT2D eigenvalue weighted by molar-refractivity contribution is -0.122. The predicted molar refractivity (Wildman–Crippen MR) is 81.7 cm³/mol. The number of nitrogens with two attached hydrogens (primary N) is 1. The van der Waals surface area contributed by atoms with Crippen LogP contribution in [0, 0.1) is 5.41 Å². The van der Waals surface area contributed by atoms with Crippen molar-refractivity contribution in [1.82, 2.24) is 0 Å². The lowest BCUT2D eigenvalue weighted by Crippen LogP contribution is -2.47. The predicted octanol–water partition coefficient (Wildman–Crippen LogP) is 2.87. The molecule has 1 aliphatic heterocycles. The molecule has 1 fully saturated rings. The number of carbonyl (C=O) groups excluding carboxylic acids is 1. The molecule has 3 nitrogen and oxygen atoms in total. The molecule has 0 radical (unpaired) electrons. The van der Waals surface area contributed by atoms with Crippen molar-refractivity contribution in [1.29, 1.82) is 0 Å². The first-order valence-electron chi connectivity index (χ1n) is 7.75. The third kappa shape index (κ3) is 2.24. The third-order valence-corrected chi connectivity index (χ3v) is 5.17. The smallest absolute Gasteiger partial charge is 0.227 e. The fourth-order valence-electron chi connectivity index (χ4n) is 3.60. The minimum atomic E-state index is 0.0865. The van der Waals surface area contributed by atoms with Crippen LogP contribution in [0.3, 0.4) is 0 Å². The number of rotatable bonds is 3. The van der Waals surface area contributed by atoms with E-state index < -0.39 is 0 Å². The van der Waals surface area contributed by atoms with E-state index in [9.17, 15) is 4.79 Å². The van der Waals surface area contributed by atoms with Crippen molar-refractivity contribution in [2.45, 2.75) is 51.5 Å². The fourth-order valence-corrected chi connectivity index (χ4v) is 3.60. The highest BCUT2D eigenvalue weighted by Crippen LogP contribution is 2.44. The maximum atomic E-state index is 12.8. The minimum absolute atomic E-state index is 0.0865. The van der Waals surface area contributed by atoms with Gasteiger partial charge in [0.1, 0.15) is 0 Å². The summed E-state index contributed by atoms with van der Waals surface area (Å²) in [7, 11) is 0. The summed E-state index contributed by atoms with van der Waals surface area (Å²) in [5.74, 6) is 0.259. The molecule has 1 saturated carbocycles. The van der Waals surface area contributed by atoms with Gasteiger partial charge in [0, 0.05) is 18.2 Å². The second kappa shape index (κ2) is 5.21. The molecule has 1 aliphatic carbocycles. The van der Waals surface area contributed by atoms with E-state index in [1.807, 2.05) is 11.0 Å². The molecule has 108 valence electrons. The van der Waals surface area contributed by atoms with Gasteiger partial charge >= 0.3 is 0 Å². The van der Waals surface area contributed by atoms with Gasteiger partial charge in [-0.15, -0.1) is 0 Å². The van der Waals surface area contributed by atoms with Crippen LogP contribution in [0.2, 0.25) is 0 Å². The summed E-state index contributed by atoms with van der Waals surface area (Å²) < 4.78 is 0. The number of para-hydroxylation sites is 1. The van der Waals surface area contributed by atoms with E-state index in [-0.39, 0.29) is 11.3 Å². The summed E-state index contributed by atoms with van der Waals surface area (Å²) in [5, 5.41) is 0. The summed E-state index contributed by atoms with van der Waals surface area (Å²) in [6.45, 7) is 2.80. The molecule has 0 aromatic heterocycles. The average Bonchev–Trinajstić information content (AvgIpc) is 2.42. The molecule has 0 bridgehead atoms. The van der Waals surface area contributed by atoms with E-state index in [0.717, 1.165) is 31.4 Å². The molecule has 1 unspecified atom stereocenters. The van der Waals surface area contributed by atoms with Gasteiger partial charge in [-0.05, 0) is 56.2 Å². The van der Waals surface area contributed by atoms with Crippen LogP contribution in [0.15, 0.2) is 24.3 Å². The summed E-state index contributed by atoms with van der Waals surface area (Å²) in [4.78, 5) is 14.8. The van der Waals surface area contributed by atoms with Gasteiger partial charge in [-0.25, -0.2) is 0 Å². The number of nitrogens with zero attached hydrogens (tertiary/aromatic N) is 1. The maximum absolute atomic E-state index is 12.8. The number of fused-ring (bicyclic) bond motifs is 1. The van der Waals surface area contributed by atoms with E-state index in [0.29, 0.717) is 19.0 Å². The Morgan fingerprint density at radius 1 is 1.40 bits per heavy atom. The molecule has 3 rings (SSSR count). The van der Waals surface area contributed by atoms with Crippen molar-refractivity contribution < 1.29 is 4.79 Å². The van der Waals surface area contributed by atoms with Crippen molar-refractivity contribution in [3.05, 3.63) is 29.8 Å². The summed E-state index contributed by atoms with van der Waals surface area (Å²) in [6, 6.07) is 8.61. The van der Waals surface area contributed by atoms with Crippen molar-refractivity contribution in [3.8, 4) is 0 Å². The second-order valence-corrected chi connectivity index (χ2v) is 6.51. The summed E-state index contributed by atoms with van der Waals surface area (Å²) in [5.41, 5.74) is 8.41. The van der Waals surface area contributed by atoms with Crippen molar-refractivity contribution in [3.63, 3.8) is 0 Å². The van der Waals surface area contributed by atoms with Crippen LogP contribution < -0.4 is 10.6 Å². The van der Waals surface area contributed by atoms with E-state index in [1.54, 1.807) is 0 Å². The molecule has 1 atom stereocenters. The normalized spacial score (nSPS) is 23.9. The molecule has 0 saturated heterocycles. The zero-order valence-electron chi connectivity index (χ0n) is 12.3. The van der Waals surface area contributed by atoms with Gasteiger partial charge in [0.15, 0.2) is 0 Å². The summed E-state index contributed by atoms with van der Waals surface area (Å²) >= 11 is 0. The van der Waals surface area contributed by atoms with Crippen LogP contribution in [-0.2, 0) is 11.2 Å². The first-order chi connectivity index (χ1) is 9.65. The number of hydrogen-bond acceptors (Lipinski definition) is 2. The number of hydrogen-bond donors (Lipinski definition) is 1. The lowest BCUT2D eigenvalue weighted by atomic mass is 9.66. The number of carbonyl (C=O) groups is 1. The van der Waals surface area contributed by atoms with Gasteiger partial charge in [0.05, 0.1) is 0 Å². The largest absolute Gasteiger partial charge is 0.330 e. The molecular weight excluding hydrogens is 248 g/mol. The zero-order valence-corrected chi connectivity index (χ0v) is 12.3. The zero-order chi connectivity index (χ0) is 14.2. The Morgan fingerprint density at radius 3 is 2.80 bits per heavy atom. The Hall–Kier alpha value is -1.35. The second-order valence-electron chi connectivity index (χ2n) is 6.51. The molecule has 2 aliphatic rings. The molecule has 2 N–H and O–H groups in total. The Kier molecular flexibility index (Phi) is 3.55. The van der Waals surface area contributed by atoms with Gasteiger partial charge in [0.2, 0.25) is 5.91 Å². The first kappa shape index (κ1) is 13.6. The molecule has 3 heteroatoms. The monoisotopic (exact) mass is 272 g/mol. The maximum Gasteiger partial charge on any atom is 0.227 e. The number of aryl methyl sites for hydroxylation is 1. The number of benzene rings is 1. The highest BCUT2D eigenvalue weighted by molar-refractivity contribution is 5.95. The van der Waals surface area contributed by atoms with Gasteiger partial charge in [0.25, 0.3) is 0 Å². The van der Waals surface area contributed by atoms with Gasteiger partial charge in [-0.3, -0.25) is 4.79 Å². The van der Waals surface area contributed by atoms with Gasteiger partial charge in [-0.1, -0.05) is 24.6 Å². The van der Waals surface area contributed by atoms with Crippen molar-refractivity contribution in [2.24, 2.45) is 11.1 Å². The highest BCUT2D eigenvalue weighted by Gasteiger charge is 2.40. The van der Waals surface area contributed by atoms with Crippen LogP contribution in [0.4, 0.5) is 5.69 Å². The Morgan fingerprint density at radius 2 is 2.15 bits per heavy atom. The summed E-state index contributed by atoms with van der Waals surface area (Å²) in [6.07, 6.45) is 6.18. The van der Waals surface area contributed by atoms with E-state index in [2.05, 4.69) is 25.1 Å². The van der Waals surface area contributed by atoms with Crippen LogP contribution in [0.5, 0.6) is 0 Å². The number of anilines is 1. The van der Waals surface area contributed by atoms with E-state index >= 15 is 0 Å². The first-order valence-corrected chi connectivity index (χ1v) is 7.75. The van der Waals surface area contributed by atoms with E-state index in [1.165, 1.54) is 12.0 Å². The molecule has 1 aromatic rings. The van der Waals surface area contributed by atoms with Gasteiger partial charge < -0.3 is 10.6 Å². The topological polar surface area (TPSA) is 46.3 Å². The van der Waals surface area contributed by atoms with Gasteiger partial charge in [-0.2, -0.15) is 0 Å². The SMILES string of the molecule is CC1CCc2ccccc2N1C(=O)CC1(CN)CCC1. The van der Waals surface area contributed by atoms with Crippen LogP contribution in [-0.4, -0.2) is 18.5 Å². The van der Waals surface area contributed by atoms with E-state index in [4.69, 9.17) is 5.73 Å². The Bertz CT molecular complexity index is 502. The Balaban J connectivity index is 1.83. The van der Waals surface area contributed by atoms with Crippen LogP contribution in [0.1, 0.15) is 44.6 Å². The molecule has 20 heavy (non-hydrogen) atoms. The molecule has 1 heterocycles. The average molecular weight is 272 g/mol. The molecule has 0 spiro atoms. The van der Waals surface area contributed by atoms with Crippen molar-refractivity contribution >= 4 is 11.6 Å². The quantitative estimate of drug-likeness (QED) is 0.919. The fraction of sp³-hybridized carbons (Fsp3) is 0.588. The number of amides is 1. The molecular formula is C17H24N2O. The molecule has 1 aromatic carbocycles. The minimum Gasteiger partial charge on any atom is -0.330 e. The highest BCUT2D eigenvalue weighted by atomic mass is 16.2. The molecule has 1 amide bonds. The lowest BCUT2D eigenvalue weighted by Gasteiger charge is -2.43. The van der Waals surface area contributed by atoms with Crippen molar-refractivity contribution in [2.75, 3.05) is 11.4 Å².